The Kier molecular flexibility index (Phi) is 4.85. The molecule has 150 valence electrons. The lowest BCUT2D eigenvalue weighted by Gasteiger charge is -2.07. The number of nitrogens with zero attached hydrogens (tertiary/aromatic N) is 4. The summed E-state index contributed by atoms with van der Waals surface area (Å²) >= 11 is 0. The highest BCUT2D eigenvalue weighted by Crippen LogP contribution is 2.27. The predicted octanol–water partition coefficient (Wildman–Crippen LogP) is 3.87. The van der Waals surface area contributed by atoms with E-state index in [9.17, 15) is 14.9 Å². The van der Waals surface area contributed by atoms with Crippen LogP contribution in [0.3, 0.4) is 0 Å². The number of hydrogen-bond donors (Lipinski definition) is 1. The number of carbonyl (C=O) groups is 1. The highest BCUT2D eigenvalue weighted by Gasteiger charge is 2.18. The molecule has 0 saturated carbocycles. The number of nitro benzene ring substituents is 1. The van der Waals surface area contributed by atoms with Crippen LogP contribution in [0.15, 0.2) is 60.9 Å². The molecule has 0 saturated heterocycles. The maximum Gasteiger partial charge on any atom is 0.275 e. The second kappa shape index (κ2) is 7.63. The first-order chi connectivity index (χ1) is 14.5. The molecule has 2 aromatic carbocycles. The third-order valence-corrected chi connectivity index (χ3v) is 4.59. The van der Waals surface area contributed by atoms with Gasteiger partial charge in [0.25, 0.3) is 11.6 Å². The summed E-state index contributed by atoms with van der Waals surface area (Å²) in [5, 5.41) is 18.1. The van der Waals surface area contributed by atoms with E-state index in [2.05, 4.69) is 15.4 Å². The molecule has 0 radical (unpaired) electrons. The number of anilines is 1. The van der Waals surface area contributed by atoms with Gasteiger partial charge in [0.15, 0.2) is 5.65 Å². The number of methoxy groups -OCH3 is 1. The van der Waals surface area contributed by atoms with E-state index in [1.54, 1.807) is 10.7 Å². The van der Waals surface area contributed by atoms with E-state index in [1.807, 2.05) is 37.3 Å². The molecule has 4 rings (SSSR count). The molecule has 0 fully saturated rings. The molecule has 0 atom stereocenters. The van der Waals surface area contributed by atoms with E-state index in [-0.39, 0.29) is 22.7 Å². The molecule has 0 aliphatic rings. The molecule has 1 amide bonds. The van der Waals surface area contributed by atoms with Crippen molar-refractivity contribution in [2.45, 2.75) is 6.92 Å². The lowest BCUT2D eigenvalue weighted by molar-refractivity contribution is -0.384. The van der Waals surface area contributed by atoms with E-state index >= 15 is 0 Å². The van der Waals surface area contributed by atoms with Crippen LogP contribution in [0.5, 0.6) is 5.75 Å². The van der Waals surface area contributed by atoms with E-state index in [4.69, 9.17) is 4.74 Å². The number of fused-ring (bicyclic) bond motifs is 1. The predicted molar refractivity (Wildman–Crippen MR) is 111 cm³/mol. The number of benzene rings is 2. The number of hydrogen-bond acceptors (Lipinski definition) is 6. The summed E-state index contributed by atoms with van der Waals surface area (Å²) in [5.74, 6) is -0.222. The lowest BCUT2D eigenvalue weighted by atomic mass is 10.1. The van der Waals surface area contributed by atoms with Crippen molar-refractivity contribution < 1.29 is 14.5 Å². The maximum atomic E-state index is 12.8. The average Bonchev–Trinajstić information content (AvgIpc) is 3.18. The van der Waals surface area contributed by atoms with Gasteiger partial charge in [-0.1, -0.05) is 29.8 Å². The minimum absolute atomic E-state index is 0.190. The number of carbonyl (C=O) groups excluding carboxylic acids is 1. The highest BCUT2D eigenvalue weighted by molar-refractivity contribution is 6.08. The molecular weight excluding hydrogens is 386 g/mol. The van der Waals surface area contributed by atoms with E-state index in [0.29, 0.717) is 5.65 Å². The third-order valence-electron chi connectivity index (χ3n) is 4.59. The molecule has 9 heteroatoms. The standard InChI is InChI=1S/C21H17N5O4/c1-13-3-5-14(6-4-13)19-7-8-22-20-18(12-23-25(19)20)21(27)24-15-9-16(26(28)29)11-17(10-15)30-2/h3-12H,1-2H3,(H,24,27). The Labute approximate surface area is 171 Å². The maximum absolute atomic E-state index is 12.8. The van der Waals surface area contributed by atoms with Crippen LogP contribution in [0.1, 0.15) is 15.9 Å². The van der Waals surface area contributed by atoms with Gasteiger partial charge in [-0.3, -0.25) is 14.9 Å². The normalized spacial score (nSPS) is 10.7. The van der Waals surface area contributed by atoms with Gasteiger partial charge in [0.1, 0.15) is 11.3 Å². The molecule has 4 aromatic rings. The molecule has 0 aliphatic heterocycles. The van der Waals surface area contributed by atoms with Crippen LogP contribution in [0.2, 0.25) is 0 Å². The number of nitrogens with one attached hydrogen (secondary N) is 1. The smallest absolute Gasteiger partial charge is 0.275 e. The van der Waals surface area contributed by atoms with Gasteiger partial charge in [0, 0.05) is 23.9 Å². The highest BCUT2D eigenvalue weighted by atomic mass is 16.6. The Hall–Kier alpha value is -4.27. The second-order valence-electron chi connectivity index (χ2n) is 6.62. The van der Waals surface area contributed by atoms with E-state index in [0.717, 1.165) is 16.8 Å². The summed E-state index contributed by atoms with van der Waals surface area (Å²) in [6, 6.07) is 13.8. The van der Waals surface area contributed by atoms with Gasteiger partial charge in [-0.25, -0.2) is 9.50 Å². The fourth-order valence-electron chi connectivity index (χ4n) is 3.07. The summed E-state index contributed by atoms with van der Waals surface area (Å²) < 4.78 is 6.67. The van der Waals surface area contributed by atoms with Crippen molar-refractivity contribution in [3.8, 4) is 17.0 Å². The topological polar surface area (TPSA) is 112 Å². The van der Waals surface area contributed by atoms with Crippen LogP contribution in [0, 0.1) is 17.0 Å². The number of aryl methyl sites for hydroxylation is 1. The number of aromatic nitrogens is 3. The van der Waals surface area contributed by atoms with E-state index in [1.165, 1.54) is 31.5 Å². The van der Waals surface area contributed by atoms with Gasteiger partial charge >= 0.3 is 0 Å². The van der Waals surface area contributed by atoms with Crippen molar-refractivity contribution in [2.24, 2.45) is 0 Å². The quantitative estimate of drug-likeness (QED) is 0.400. The Bertz CT molecular complexity index is 1260. The SMILES string of the molecule is COc1cc(NC(=O)c2cnn3c(-c4ccc(C)cc4)ccnc23)cc([N+](=O)[O-])c1. The number of rotatable bonds is 5. The van der Waals surface area contributed by atoms with Crippen LogP contribution in [0.25, 0.3) is 16.9 Å². The summed E-state index contributed by atoms with van der Waals surface area (Å²) in [7, 11) is 1.40. The lowest BCUT2D eigenvalue weighted by Crippen LogP contribution is -2.12. The first-order valence-corrected chi connectivity index (χ1v) is 9.01. The Morgan fingerprint density at radius 1 is 1.17 bits per heavy atom. The van der Waals surface area contributed by atoms with Gasteiger partial charge in [-0.05, 0) is 13.0 Å². The number of ether oxygens (including phenoxy) is 1. The zero-order valence-corrected chi connectivity index (χ0v) is 16.2. The van der Waals surface area contributed by atoms with Gasteiger partial charge in [0.05, 0.1) is 35.7 Å². The molecule has 0 unspecified atom stereocenters. The van der Waals surface area contributed by atoms with Crippen molar-refractivity contribution in [2.75, 3.05) is 12.4 Å². The van der Waals surface area contributed by atoms with Gasteiger partial charge < -0.3 is 10.1 Å². The molecule has 2 aromatic heterocycles. The average molecular weight is 403 g/mol. The summed E-state index contributed by atoms with van der Waals surface area (Å²) in [4.78, 5) is 27.7. The molecule has 0 spiro atoms. The first kappa shape index (κ1) is 19.1. The van der Waals surface area contributed by atoms with Crippen molar-refractivity contribution >= 4 is 22.9 Å². The first-order valence-electron chi connectivity index (χ1n) is 9.01. The second-order valence-corrected chi connectivity index (χ2v) is 6.62. The fraction of sp³-hybridized carbons (Fsp3) is 0.0952. The molecule has 0 bridgehead atoms. The number of non-ortho nitro benzene ring substituents is 1. The van der Waals surface area contributed by atoms with Gasteiger partial charge in [0.2, 0.25) is 0 Å². The fourth-order valence-corrected chi connectivity index (χ4v) is 3.07. The van der Waals surface area contributed by atoms with Gasteiger partial charge in [-0.15, -0.1) is 0 Å². The summed E-state index contributed by atoms with van der Waals surface area (Å²) in [6.45, 7) is 2.01. The van der Waals surface area contributed by atoms with Crippen LogP contribution >= 0.6 is 0 Å². The third kappa shape index (κ3) is 3.55. The van der Waals surface area contributed by atoms with Crippen LogP contribution in [-0.4, -0.2) is 32.5 Å². The van der Waals surface area contributed by atoms with Crippen LogP contribution in [-0.2, 0) is 0 Å². The largest absolute Gasteiger partial charge is 0.496 e. The monoisotopic (exact) mass is 403 g/mol. The molecule has 30 heavy (non-hydrogen) atoms. The number of nitro groups is 1. The molecule has 2 heterocycles. The molecular formula is C21H17N5O4. The zero-order valence-electron chi connectivity index (χ0n) is 16.2. The molecule has 9 nitrogen and oxygen atoms in total. The number of amides is 1. The Balaban J connectivity index is 1.70. The van der Waals surface area contributed by atoms with E-state index < -0.39 is 10.8 Å². The minimum atomic E-state index is -0.553. The molecule has 1 N–H and O–H groups in total. The summed E-state index contributed by atoms with van der Waals surface area (Å²) in [6.07, 6.45) is 3.03. The Morgan fingerprint density at radius 3 is 2.63 bits per heavy atom. The van der Waals surface area contributed by atoms with Crippen molar-refractivity contribution in [3.05, 3.63) is 82.2 Å². The van der Waals surface area contributed by atoms with Crippen LogP contribution in [0.4, 0.5) is 11.4 Å². The van der Waals surface area contributed by atoms with Gasteiger partial charge in [-0.2, -0.15) is 5.10 Å². The Morgan fingerprint density at radius 2 is 1.93 bits per heavy atom. The molecule has 0 aliphatic carbocycles. The van der Waals surface area contributed by atoms with Crippen LogP contribution < -0.4 is 10.1 Å². The van der Waals surface area contributed by atoms with Crippen molar-refractivity contribution in [1.29, 1.82) is 0 Å². The minimum Gasteiger partial charge on any atom is -0.496 e. The zero-order chi connectivity index (χ0) is 21.3. The van der Waals surface area contributed by atoms with Crippen molar-refractivity contribution in [1.82, 2.24) is 14.6 Å². The van der Waals surface area contributed by atoms with Crippen molar-refractivity contribution in [3.63, 3.8) is 0 Å². The summed E-state index contributed by atoms with van der Waals surface area (Å²) in [5.41, 5.74) is 3.53.